The number of hydrogen-bond acceptors (Lipinski definition) is 2. The Morgan fingerprint density at radius 1 is 0.769 bits per heavy atom. The molecule has 0 saturated carbocycles. The fraction of sp³-hybridized carbons (Fsp3) is 0.455. The molecule has 0 rings (SSSR count). The van der Waals surface area contributed by atoms with E-state index in [0.29, 0.717) is 11.1 Å². The van der Waals surface area contributed by atoms with Crippen molar-refractivity contribution in [1.82, 2.24) is 0 Å². The van der Waals surface area contributed by atoms with Gasteiger partial charge in [-0.3, -0.25) is 9.59 Å². The van der Waals surface area contributed by atoms with Crippen molar-refractivity contribution < 1.29 is 9.59 Å². The summed E-state index contributed by atoms with van der Waals surface area (Å²) in [6.45, 7) is 13.2. The first-order valence-corrected chi connectivity index (χ1v) is 3.62. The number of Topliss-reactive ketones (excluding diaryl/α,β-unsaturated/α-hetero) is 2. The maximum absolute atomic E-state index is 10.0. The summed E-state index contributed by atoms with van der Waals surface area (Å²) < 4.78 is 0. The SMILES string of the molecule is C.C=C(C)C(C)=O.C=C(C)C(C)=O. The Labute approximate surface area is 81.3 Å². The fourth-order valence-corrected chi connectivity index (χ4v) is 0. The van der Waals surface area contributed by atoms with Crippen LogP contribution in [-0.2, 0) is 9.59 Å². The summed E-state index contributed by atoms with van der Waals surface area (Å²) in [5.41, 5.74) is 1.24. The first-order chi connectivity index (χ1) is 5.29. The Balaban J connectivity index is -0.000000143. The third-order valence-corrected chi connectivity index (χ3v) is 1.20. The highest BCUT2D eigenvalue weighted by Gasteiger charge is 1.86. The Bertz CT molecular complexity index is 164. The fourth-order valence-electron chi connectivity index (χ4n) is 0. The molecule has 2 nitrogen and oxygen atoms in total. The standard InChI is InChI=1S/2C5H8O.CH4/c2*1-4(2)5(3)6;/h2*1H2,2-3H3;1H4. The number of rotatable bonds is 2. The average molecular weight is 184 g/mol. The van der Waals surface area contributed by atoms with Crippen LogP contribution >= 0.6 is 0 Å². The van der Waals surface area contributed by atoms with Crippen molar-refractivity contribution in [3.63, 3.8) is 0 Å². The maximum Gasteiger partial charge on any atom is 0.154 e. The van der Waals surface area contributed by atoms with Crippen molar-refractivity contribution in [1.29, 1.82) is 0 Å². The Hall–Kier alpha value is -1.18. The van der Waals surface area contributed by atoms with Gasteiger partial charge in [0.1, 0.15) is 0 Å². The predicted octanol–water partition coefficient (Wildman–Crippen LogP) is 2.94. The van der Waals surface area contributed by atoms with Gasteiger partial charge in [-0.2, -0.15) is 0 Å². The van der Waals surface area contributed by atoms with E-state index in [1.54, 1.807) is 13.8 Å². The van der Waals surface area contributed by atoms with E-state index in [2.05, 4.69) is 13.2 Å². The van der Waals surface area contributed by atoms with E-state index in [1.807, 2.05) is 0 Å². The number of ketones is 2. The zero-order chi connectivity index (χ0) is 10.3. The van der Waals surface area contributed by atoms with Crippen molar-refractivity contribution in [3.05, 3.63) is 24.3 Å². The van der Waals surface area contributed by atoms with Gasteiger partial charge in [0.25, 0.3) is 0 Å². The number of carbonyl (C=O) groups excluding carboxylic acids is 2. The van der Waals surface area contributed by atoms with Crippen LogP contribution in [0.15, 0.2) is 24.3 Å². The van der Waals surface area contributed by atoms with Crippen molar-refractivity contribution in [2.24, 2.45) is 0 Å². The normalized spacial score (nSPS) is 7.08. The topological polar surface area (TPSA) is 34.1 Å². The van der Waals surface area contributed by atoms with Gasteiger partial charge in [-0.25, -0.2) is 0 Å². The van der Waals surface area contributed by atoms with E-state index in [4.69, 9.17) is 0 Å². The van der Waals surface area contributed by atoms with Gasteiger partial charge >= 0.3 is 0 Å². The third-order valence-electron chi connectivity index (χ3n) is 1.20. The van der Waals surface area contributed by atoms with Crippen LogP contribution in [0.5, 0.6) is 0 Å². The highest BCUT2D eigenvalue weighted by Crippen LogP contribution is 1.84. The van der Waals surface area contributed by atoms with Crippen LogP contribution in [-0.4, -0.2) is 11.6 Å². The highest BCUT2D eigenvalue weighted by atomic mass is 16.1. The summed E-state index contributed by atoms with van der Waals surface area (Å²) >= 11 is 0. The second-order valence-corrected chi connectivity index (χ2v) is 2.67. The van der Waals surface area contributed by atoms with Gasteiger partial charge in [0.2, 0.25) is 0 Å². The second kappa shape index (κ2) is 8.91. The molecule has 0 saturated heterocycles. The van der Waals surface area contributed by atoms with E-state index >= 15 is 0 Å². The Morgan fingerprint density at radius 3 is 0.846 bits per heavy atom. The van der Waals surface area contributed by atoms with Crippen molar-refractivity contribution >= 4 is 11.6 Å². The quantitative estimate of drug-likeness (QED) is 0.618. The molecule has 0 aliphatic heterocycles. The lowest BCUT2D eigenvalue weighted by atomic mass is 10.3. The molecule has 0 radical (unpaired) electrons. The lowest BCUT2D eigenvalue weighted by Gasteiger charge is -1.80. The smallest absolute Gasteiger partial charge is 0.154 e. The molecule has 0 aromatic carbocycles. The van der Waals surface area contributed by atoms with Crippen LogP contribution in [0, 0.1) is 0 Å². The van der Waals surface area contributed by atoms with Crippen LogP contribution in [0.4, 0.5) is 0 Å². The first-order valence-electron chi connectivity index (χ1n) is 3.62. The molecule has 0 aliphatic rings. The molecular weight excluding hydrogens is 164 g/mol. The molecule has 0 spiro atoms. The summed E-state index contributed by atoms with van der Waals surface area (Å²) in [6.07, 6.45) is 0. The van der Waals surface area contributed by atoms with Gasteiger partial charge in [-0.1, -0.05) is 20.6 Å². The van der Waals surface area contributed by atoms with E-state index in [9.17, 15) is 9.59 Å². The molecule has 76 valence electrons. The minimum atomic E-state index is 0. The van der Waals surface area contributed by atoms with Gasteiger partial charge < -0.3 is 0 Å². The molecular formula is C11H20O2. The van der Waals surface area contributed by atoms with Crippen molar-refractivity contribution in [2.75, 3.05) is 0 Å². The molecule has 0 aromatic heterocycles. The van der Waals surface area contributed by atoms with Gasteiger partial charge in [0, 0.05) is 0 Å². The van der Waals surface area contributed by atoms with E-state index < -0.39 is 0 Å². The summed E-state index contributed by atoms with van der Waals surface area (Å²) in [5, 5.41) is 0. The summed E-state index contributed by atoms with van der Waals surface area (Å²) in [4.78, 5) is 20.1. The van der Waals surface area contributed by atoms with E-state index in [-0.39, 0.29) is 19.0 Å². The van der Waals surface area contributed by atoms with Gasteiger partial charge in [-0.15, -0.1) is 0 Å². The van der Waals surface area contributed by atoms with Crippen LogP contribution in [0.3, 0.4) is 0 Å². The molecule has 0 aromatic rings. The zero-order valence-electron chi connectivity index (χ0n) is 8.23. The number of carbonyl (C=O) groups is 2. The highest BCUT2D eigenvalue weighted by molar-refractivity contribution is 5.92. The summed E-state index contributed by atoms with van der Waals surface area (Å²) in [6, 6.07) is 0. The molecule has 0 unspecified atom stereocenters. The number of allylic oxidation sites excluding steroid dienone is 2. The molecule has 0 bridgehead atoms. The molecule has 0 fully saturated rings. The molecule has 0 amide bonds. The second-order valence-electron chi connectivity index (χ2n) is 2.67. The lowest BCUT2D eigenvalue weighted by Crippen LogP contribution is -1.86. The van der Waals surface area contributed by atoms with Gasteiger partial charge in [0.05, 0.1) is 0 Å². The first kappa shape index (κ1) is 17.8. The summed E-state index contributed by atoms with van der Waals surface area (Å²) in [7, 11) is 0. The number of hydrogen-bond donors (Lipinski definition) is 0. The average Bonchev–Trinajstić information content (AvgIpc) is 1.88. The molecule has 0 heterocycles. The largest absolute Gasteiger partial charge is 0.295 e. The zero-order valence-corrected chi connectivity index (χ0v) is 8.23. The minimum Gasteiger partial charge on any atom is -0.295 e. The van der Waals surface area contributed by atoms with Crippen LogP contribution in [0.25, 0.3) is 0 Å². The lowest BCUT2D eigenvalue weighted by molar-refractivity contribution is -0.114. The monoisotopic (exact) mass is 184 g/mol. The minimum absolute atomic E-state index is 0. The van der Waals surface area contributed by atoms with Crippen molar-refractivity contribution in [2.45, 2.75) is 35.1 Å². The molecule has 13 heavy (non-hydrogen) atoms. The molecule has 2 heteroatoms. The van der Waals surface area contributed by atoms with E-state index in [0.717, 1.165) is 0 Å². The molecule has 0 atom stereocenters. The molecule has 0 N–H and O–H groups in total. The third kappa shape index (κ3) is 18.1. The van der Waals surface area contributed by atoms with Crippen LogP contribution in [0.1, 0.15) is 35.1 Å². The Kier molecular flexibility index (Phi) is 12.2. The van der Waals surface area contributed by atoms with Crippen LogP contribution < -0.4 is 0 Å². The van der Waals surface area contributed by atoms with Crippen LogP contribution in [0.2, 0.25) is 0 Å². The van der Waals surface area contributed by atoms with Gasteiger partial charge in [-0.05, 0) is 38.8 Å². The summed E-state index contributed by atoms with van der Waals surface area (Å²) in [5.74, 6) is 0.130. The van der Waals surface area contributed by atoms with Gasteiger partial charge in [0.15, 0.2) is 11.6 Å². The van der Waals surface area contributed by atoms with E-state index in [1.165, 1.54) is 13.8 Å². The predicted molar refractivity (Wildman–Crippen MR) is 57.7 cm³/mol. The maximum atomic E-state index is 10.0. The van der Waals surface area contributed by atoms with Crippen molar-refractivity contribution in [3.8, 4) is 0 Å². The Morgan fingerprint density at radius 2 is 0.846 bits per heavy atom. The molecule has 0 aliphatic carbocycles.